The minimum absolute atomic E-state index is 0.509. The molecule has 0 saturated carbocycles. The average Bonchev–Trinajstić information content (AvgIpc) is 2.52. The fraction of sp³-hybridized carbons (Fsp3) is 0.118. The van der Waals surface area contributed by atoms with Crippen molar-refractivity contribution in [1.82, 2.24) is 0 Å². The van der Waals surface area contributed by atoms with Crippen LogP contribution in [0.25, 0.3) is 11.6 Å². The molecule has 0 aromatic heterocycles. The first kappa shape index (κ1) is 16.4. The first-order valence-corrected chi connectivity index (χ1v) is 7.55. The SMILES string of the molecule is COc1cc(Br)cc(C=C(C#N)c2ccc(Cl)cc2)c1OC. The molecule has 0 atom stereocenters. The van der Waals surface area contributed by atoms with Crippen molar-refractivity contribution in [3.8, 4) is 17.6 Å². The third-order valence-electron chi connectivity index (χ3n) is 3.05. The lowest BCUT2D eigenvalue weighted by atomic mass is 10.0. The summed E-state index contributed by atoms with van der Waals surface area (Å²) < 4.78 is 11.5. The summed E-state index contributed by atoms with van der Waals surface area (Å²) >= 11 is 9.31. The molecule has 112 valence electrons. The Hall–Kier alpha value is -1.96. The predicted molar refractivity (Wildman–Crippen MR) is 92.2 cm³/mol. The molecule has 22 heavy (non-hydrogen) atoms. The van der Waals surface area contributed by atoms with E-state index in [1.165, 1.54) is 0 Å². The lowest BCUT2D eigenvalue weighted by Crippen LogP contribution is -1.94. The van der Waals surface area contributed by atoms with Crippen LogP contribution in [0.2, 0.25) is 5.02 Å². The number of halogens is 2. The smallest absolute Gasteiger partial charge is 0.168 e. The maximum absolute atomic E-state index is 9.43. The summed E-state index contributed by atoms with van der Waals surface area (Å²) in [5.41, 5.74) is 2.04. The highest BCUT2D eigenvalue weighted by Gasteiger charge is 2.11. The molecule has 0 aliphatic rings. The van der Waals surface area contributed by atoms with Crippen LogP contribution in [0.15, 0.2) is 40.9 Å². The van der Waals surface area contributed by atoms with E-state index in [1.54, 1.807) is 44.6 Å². The van der Waals surface area contributed by atoms with E-state index in [-0.39, 0.29) is 0 Å². The molecular formula is C17H13BrClNO2. The minimum atomic E-state index is 0.509. The van der Waals surface area contributed by atoms with Gasteiger partial charge in [-0.1, -0.05) is 39.7 Å². The number of hydrogen-bond donors (Lipinski definition) is 0. The summed E-state index contributed by atoms with van der Waals surface area (Å²) in [5.74, 6) is 1.17. The molecule has 0 aliphatic carbocycles. The third kappa shape index (κ3) is 3.62. The molecule has 0 amide bonds. The van der Waals surface area contributed by atoms with E-state index in [0.29, 0.717) is 22.1 Å². The van der Waals surface area contributed by atoms with E-state index in [1.807, 2.05) is 12.1 Å². The van der Waals surface area contributed by atoms with Gasteiger partial charge in [-0.3, -0.25) is 0 Å². The van der Waals surface area contributed by atoms with Gasteiger partial charge in [0, 0.05) is 15.1 Å². The molecule has 3 nitrogen and oxygen atoms in total. The molecule has 0 heterocycles. The molecular weight excluding hydrogens is 366 g/mol. The Balaban J connectivity index is 2.57. The van der Waals surface area contributed by atoms with Gasteiger partial charge in [0.2, 0.25) is 0 Å². The van der Waals surface area contributed by atoms with E-state index >= 15 is 0 Å². The summed E-state index contributed by atoms with van der Waals surface area (Å²) in [6.07, 6.45) is 1.76. The predicted octanol–water partition coefficient (Wildman–Crippen LogP) is 5.18. The van der Waals surface area contributed by atoms with Crippen molar-refractivity contribution in [3.05, 3.63) is 57.0 Å². The van der Waals surface area contributed by atoms with Crippen LogP contribution < -0.4 is 9.47 Å². The first-order valence-electron chi connectivity index (χ1n) is 6.38. The lowest BCUT2D eigenvalue weighted by molar-refractivity contribution is 0.354. The zero-order valence-electron chi connectivity index (χ0n) is 12.1. The van der Waals surface area contributed by atoms with Crippen molar-refractivity contribution >= 4 is 39.2 Å². The Kier molecular flexibility index (Phi) is 5.48. The normalized spacial score (nSPS) is 11.0. The highest BCUT2D eigenvalue weighted by molar-refractivity contribution is 9.10. The number of nitriles is 1. The van der Waals surface area contributed by atoms with Crippen LogP contribution in [0.5, 0.6) is 11.5 Å². The van der Waals surface area contributed by atoms with Gasteiger partial charge in [-0.05, 0) is 35.9 Å². The van der Waals surface area contributed by atoms with Gasteiger partial charge in [-0.15, -0.1) is 0 Å². The number of benzene rings is 2. The molecule has 0 spiro atoms. The number of nitrogens with zero attached hydrogens (tertiary/aromatic N) is 1. The minimum Gasteiger partial charge on any atom is -0.493 e. The summed E-state index contributed by atoms with van der Waals surface area (Å²) in [4.78, 5) is 0. The molecule has 0 aliphatic heterocycles. The number of ether oxygens (including phenoxy) is 2. The maximum Gasteiger partial charge on any atom is 0.168 e. The second-order valence-electron chi connectivity index (χ2n) is 4.41. The Bertz CT molecular complexity index is 748. The molecule has 0 radical (unpaired) electrons. The van der Waals surface area contributed by atoms with Crippen LogP contribution in [-0.2, 0) is 0 Å². The van der Waals surface area contributed by atoms with Crippen LogP contribution in [-0.4, -0.2) is 14.2 Å². The maximum atomic E-state index is 9.43. The second kappa shape index (κ2) is 7.35. The van der Waals surface area contributed by atoms with Gasteiger partial charge in [-0.25, -0.2) is 0 Å². The number of methoxy groups -OCH3 is 2. The monoisotopic (exact) mass is 377 g/mol. The molecule has 2 rings (SSSR count). The van der Waals surface area contributed by atoms with Gasteiger partial charge in [0.1, 0.15) is 0 Å². The zero-order chi connectivity index (χ0) is 16.1. The Morgan fingerprint density at radius 2 is 1.86 bits per heavy atom. The van der Waals surface area contributed by atoms with Crippen molar-refractivity contribution in [1.29, 1.82) is 5.26 Å². The molecule has 0 saturated heterocycles. The standard InChI is InChI=1S/C17H13BrClNO2/c1-21-16-9-14(18)8-12(17(16)22-2)7-13(10-20)11-3-5-15(19)6-4-11/h3-9H,1-2H3. The third-order valence-corrected chi connectivity index (χ3v) is 3.76. The van der Waals surface area contributed by atoms with E-state index in [2.05, 4.69) is 22.0 Å². The highest BCUT2D eigenvalue weighted by atomic mass is 79.9. The molecule has 0 unspecified atom stereocenters. The molecule has 0 N–H and O–H groups in total. The van der Waals surface area contributed by atoms with Crippen LogP contribution >= 0.6 is 27.5 Å². The van der Waals surface area contributed by atoms with Gasteiger partial charge in [0.15, 0.2) is 11.5 Å². The Labute approximate surface area is 142 Å². The average molecular weight is 379 g/mol. The van der Waals surface area contributed by atoms with Crippen molar-refractivity contribution in [2.75, 3.05) is 14.2 Å². The van der Waals surface area contributed by atoms with Crippen molar-refractivity contribution in [2.24, 2.45) is 0 Å². The van der Waals surface area contributed by atoms with Crippen LogP contribution in [0.4, 0.5) is 0 Å². The number of rotatable bonds is 4. The molecule has 2 aromatic rings. The molecule has 2 aromatic carbocycles. The quantitative estimate of drug-likeness (QED) is 0.543. The number of hydrogen-bond acceptors (Lipinski definition) is 3. The first-order chi connectivity index (χ1) is 10.6. The van der Waals surface area contributed by atoms with Gasteiger partial charge in [0.05, 0.1) is 25.9 Å². The summed E-state index contributed by atoms with van der Waals surface area (Å²) in [6, 6.07) is 13.0. The van der Waals surface area contributed by atoms with Crippen molar-refractivity contribution < 1.29 is 9.47 Å². The summed E-state index contributed by atoms with van der Waals surface area (Å²) in [6.45, 7) is 0. The molecule has 5 heteroatoms. The number of allylic oxidation sites excluding steroid dienone is 1. The van der Waals surface area contributed by atoms with Gasteiger partial charge >= 0.3 is 0 Å². The van der Waals surface area contributed by atoms with Gasteiger partial charge in [0.25, 0.3) is 0 Å². The highest BCUT2D eigenvalue weighted by Crippen LogP contribution is 2.36. The summed E-state index contributed by atoms with van der Waals surface area (Å²) in [5, 5.41) is 10.1. The zero-order valence-corrected chi connectivity index (χ0v) is 14.4. The van der Waals surface area contributed by atoms with Crippen molar-refractivity contribution in [2.45, 2.75) is 0 Å². The lowest BCUT2D eigenvalue weighted by Gasteiger charge is -2.11. The van der Waals surface area contributed by atoms with E-state index in [9.17, 15) is 5.26 Å². The Morgan fingerprint density at radius 1 is 1.18 bits per heavy atom. The fourth-order valence-electron chi connectivity index (χ4n) is 2.03. The van der Waals surface area contributed by atoms with Crippen molar-refractivity contribution in [3.63, 3.8) is 0 Å². The molecule has 0 fully saturated rings. The Morgan fingerprint density at radius 3 is 2.41 bits per heavy atom. The summed E-state index contributed by atoms with van der Waals surface area (Å²) in [7, 11) is 3.14. The second-order valence-corrected chi connectivity index (χ2v) is 5.76. The van der Waals surface area contributed by atoms with Crippen LogP contribution in [0, 0.1) is 11.3 Å². The van der Waals surface area contributed by atoms with Gasteiger partial charge in [-0.2, -0.15) is 5.26 Å². The van der Waals surface area contributed by atoms with Crippen LogP contribution in [0.3, 0.4) is 0 Å². The largest absolute Gasteiger partial charge is 0.493 e. The topological polar surface area (TPSA) is 42.2 Å². The van der Waals surface area contributed by atoms with Gasteiger partial charge < -0.3 is 9.47 Å². The van der Waals surface area contributed by atoms with E-state index in [4.69, 9.17) is 21.1 Å². The van der Waals surface area contributed by atoms with E-state index in [0.717, 1.165) is 15.6 Å². The van der Waals surface area contributed by atoms with E-state index < -0.39 is 0 Å². The fourth-order valence-corrected chi connectivity index (χ4v) is 2.61. The molecule has 0 bridgehead atoms. The van der Waals surface area contributed by atoms with Crippen LogP contribution in [0.1, 0.15) is 11.1 Å².